The highest BCUT2D eigenvalue weighted by molar-refractivity contribution is 6.30. The maximum Gasteiger partial charge on any atom is 0.254 e. The third-order valence-electron chi connectivity index (χ3n) is 2.81. The largest absolute Gasteiger partial charge is 0.348 e. The van der Waals surface area contributed by atoms with E-state index in [-0.39, 0.29) is 17.5 Å². The van der Waals surface area contributed by atoms with Gasteiger partial charge < -0.3 is 10.6 Å². The Bertz CT molecular complexity index is 419. The third kappa shape index (κ3) is 3.17. The van der Waals surface area contributed by atoms with Crippen molar-refractivity contribution in [2.24, 2.45) is 0 Å². The van der Waals surface area contributed by atoms with Gasteiger partial charge in [-0.15, -0.1) is 0 Å². The molecule has 1 aliphatic rings. The zero-order chi connectivity index (χ0) is 12.3. The number of rotatable bonds is 2. The number of carbonyl (C=O) groups is 1. The summed E-state index contributed by atoms with van der Waals surface area (Å²) in [6.07, 6.45) is 1.95. The summed E-state index contributed by atoms with van der Waals surface area (Å²) in [5.41, 5.74) is 0.0416. The molecule has 2 rings (SSSR count). The molecule has 0 unspecified atom stereocenters. The second-order valence-electron chi connectivity index (χ2n) is 4.14. The standard InChI is InChI=1S/C12H14ClFN2O/c13-8-3-4-10(11(14)6-8)12(17)16-9-2-1-5-15-7-9/h3-4,6,9,15H,1-2,5,7H2,(H,16,17)/t9-/m0/s1. The third-order valence-corrected chi connectivity index (χ3v) is 3.04. The summed E-state index contributed by atoms with van der Waals surface area (Å²) in [6, 6.07) is 4.14. The maximum atomic E-state index is 13.5. The fourth-order valence-corrected chi connectivity index (χ4v) is 2.07. The van der Waals surface area contributed by atoms with Gasteiger partial charge in [-0.05, 0) is 37.6 Å². The Morgan fingerprint density at radius 3 is 3.00 bits per heavy atom. The second-order valence-corrected chi connectivity index (χ2v) is 4.58. The van der Waals surface area contributed by atoms with E-state index in [4.69, 9.17) is 11.6 Å². The molecule has 1 amide bonds. The van der Waals surface area contributed by atoms with E-state index in [0.717, 1.165) is 32.0 Å². The van der Waals surface area contributed by atoms with E-state index in [1.165, 1.54) is 12.1 Å². The molecule has 2 N–H and O–H groups in total. The van der Waals surface area contributed by atoms with Crippen molar-refractivity contribution >= 4 is 17.5 Å². The molecule has 0 saturated carbocycles. The van der Waals surface area contributed by atoms with Crippen LogP contribution in [-0.2, 0) is 0 Å². The number of hydrogen-bond donors (Lipinski definition) is 2. The Kier molecular flexibility index (Phi) is 3.97. The molecular weight excluding hydrogens is 243 g/mol. The summed E-state index contributed by atoms with van der Waals surface area (Å²) < 4.78 is 13.5. The van der Waals surface area contributed by atoms with Crippen LogP contribution in [0.4, 0.5) is 4.39 Å². The first-order valence-corrected chi connectivity index (χ1v) is 6.01. The van der Waals surface area contributed by atoms with Crippen LogP contribution in [0.15, 0.2) is 18.2 Å². The van der Waals surface area contributed by atoms with Crippen LogP contribution in [0.25, 0.3) is 0 Å². The molecule has 3 nitrogen and oxygen atoms in total. The minimum Gasteiger partial charge on any atom is -0.348 e. The summed E-state index contributed by atoms with van der Waals surface area (Å²) in [7, 11) is 0. The van der Waals surface area contributed by atoms with Crippen molar-refractivity contribution in [3.8, 4) is 0 Å². The van der Waals surface area contributed by atoms with Crippen molar-refractivity contribution in [3.63, 3.8) is 0 Å². The summed E-state index contributed by atoms with van der Waals surface area (Å²) in [4.78, 5) is 11.8. The first kappa shape index (κ1) is 12.3. The zero-order valence-electron chi connectivity index (χ0n) is 9.30. The molecule has 1 aromatic carbocycles. The number of nitrogens with one attached hydrogen (secondary N) is 2. The van der Waals surface area contributed by atoms with Crippen LogP contribution in [0, 0.1) is 5.82 Å². The molecule has 1 saturated heterocycles. The van der Waals surface area contributed by atoms with Gasteiger partial charge in [-0.25, -0.2) is 4.39 Å². The van der Waals surface area contributed by atoms with Crippen LogP contribution in [0.5, 0.6) is 0 Å². The van der Waals surface area contributed by atoms with Crippen LogP contribution in [0.2, 0.25) is 5.02 Å². The molecule has 1 fully saturated rings. The van der Waals surface area contributed by atoms with Gasteiger partial charge in [0.1, 0.15) is 5.82 Å². The van der Waals surface area contributed by atoms with Gasteiger partial charge in [-0.1, -0.05) is 11.6 Å². The highest BCUT2D eigenvalue weighted by Crippen LogP contribution is 2.15. The van der Waals surface area contributed by atoms with Gasteiger partial charge in [0.15, 0.2) is 0 Å². The molecule has 17 heavy (non-hydrogen) atoms. The van der Waals surface area contributed by atoms with Gasteiger partial charge in [0, 0.05) is 17.6 Å². The first-order chi connectivity index (χ1) is 8.16. The lowest BCUT2D eigenvalue weighted by atomic mass is 10.1. The van der Waals surface area contributed by atoms with E-state index in [1.54, 1.807) is 0 Å². The van der Waals surface area contributed by atoms with Crippen LogP contribution >= 0.6 is 11.6 Å². The van der Waals surface area contributed by atoms with Crippen LogP contribution < -0.4 is 10.6 Å². The maximum absolute atomic E-state index is 13.5. The minimum absolute atomic E-state index is 0.0416. The molecule has 0 radical (unpaired) electrons. The van der Waals surface area contributed by atoms with Crippen molar-refractivity contribution in [1.29, 1.82) is 0 Å². The highest BCUT2D eigenvalue weighted by atomic mass is 35.5. The normalized spacial score (nSPS) is 20.0. The Hall–Kier alpha value is -1.13. The number of piperidine rings is 1. The SMILES string of the molecule is O=C(N[C@H]1CCCNC1)c1ccc(Cl)cc1F. The summed E-state index contributed by atoms with van der Waals surface area (Å²) >= 11 is 5.63. The molecule has 0 aliphatic carbocycles. The average molecular weight is 257 g/mol. The summed E-state index contributed by atoms with van der Waals surface area (Å²) in [5.74, 6) is -0.966. The topological polar surface area (TPSA) is 41.1 Å². The van der Waals surface area contributed by atoms with Crippen molar-refractivity contribution in [3.05, 3.63) is 34.6 Å². The Morgan fingerprint density at radius 2 is 2.35 bits per heavy atom. The fourth-order valence-electron chi connectivity index (χ4n) is 1.91. The van der Waals surface area contributed by atoms with Crippen LogP contribution in [0.1, 0.15) is 23.2 Å². The van der Waals surface area contributed by atoms with E-state index < -0.39 is 5.82 Å². The highest BCUT2D eigenvalue weighted by Gasteiger charge is 2.18. The predicted molar refractivity (Wildman–Crippen MR) is 64.8 cm³/mol. The van der Waals surface area contributed by atoms with E-state index in [0.29, 0.717) is 5.02 Å². The Morgan fingerprint density at radius 1 is 1.53 bits per heavy atom. The number of halogens is 2. The Balaban J connectivity index is 2.03. The van der Waals surface area contributed by atoms with Gasteiger partial charge in [-0.3, -0.25) is 4.79 Å². The number of amides is 1. The van der Waals surface area contributed by atoms with E-state index in [2.05, 4.69) is 10.6 Å². The van der Waals surface area contributed by atoms with Gasteiger partial charge >= 0.3 is 0 Å². The molecule has 5 heteroatoms. The van der Waals surface area contributed by atoms with E-state index in [1.807, 2.05) is 0 Å². The molecule has 0 spiro atoms. The van der Waals surface area contributed by atoms with Gasteiger partial charge in [-0.2, -0.15) is 0 Å². The molecule has 1 aliphatic heterocycles. The van der Waals surface area contributed by atoms with Gasteiger partial charge in [0.2, 0.25) is 0 Å². The number of hydrogen-bond acceptors (Lipinski definition) is 2. The predicted octanol–water partition coefficient (Wildman–Crippen LogP) is 1.96. The smallest absolute Gasteiger partial charge is 0.254 e. The lowest BCUT2D eigenvalue weighted by Gasteiger charge is -2.23. The zero-order valence-corrected chi connectivity index (χ0v) is 10.1. The van der Waals surface area contributed by atoms with Crippen molar-refractivity contribution in [2.75, 3.05) is 13.1 Å². The van der Waals surface area contributed by atoms with Gasteiger partial charge in [0.05, 0.1) is 5.56 Å². The fraction of sp³-hybridized carbons (Fsp3) is 0.417. The van der Waals surface area contributed by atoms with Crippen LogP contribution in [-0.4, -0.2) is 25.0 Å². The summed E-state index contributed by atoms with van der Waals surface area (Å²) in [6.45, 7) is 1.71. The van der Waals surface area contributed by atoms with Crippen molar-refractivity contribution in [2.45, 2.75) is 18.9 Å². The molecule has 0 bridgehead atoms. The van der Waals surface area contributed by atoms with Gasteiger partial charge in [0.25, 0.3) is 5.91 Å². The lowest BCUT2D eigenvalue weighted by Crippen LogP contribution is -2.45. The first-order valence-electron chi connectivity index (χ1n) is 5.63. The quantitative estimate of drug-likeness (QED) is 0.849. The van der Waals surface area contributed by atoms with E-state index >= 15 is 0 Å². The molecule has 1 aromatic rings. The lowest BCUT2D eigenvalue weighted by molar-refractivity contribution is 0.0926. The van der Waals surface area contributed by atoms with E-state index in [9.17, 15) is 9.18 Å². The number of carbonyl (C=O) groups excluding carboxylic acids is 1. The molecule has 92 valence electrons. The molecular formula is C12H14ClFN2O. The molecule has 0 aromatic heterocycles. The van der Waals surface area contributed by atoms with Crippen LogP contribution in [0.3, 0.4) is 0 Å². The molecule has 1 atom stereocenters. The monoisotopic (exact) mass is 256 g/mol. The average Bonchev–Trinajstić information content (AvgIpc) is 2.30. The Labute approximate surface area is 104 Å². The minimum atomic E-state index is -0.584. The molecule has 1 heterocycles. The second kappa shape index (κ2) is 5.47. The van der Waals surface area contributed by atoms with Crippen molar-refractivity contribution in [1.82, 2.24) is 10.6 Å². The van der Waals surface area contributed by atoms with Crippen molar-refractivity contribution < 1.29 is 9.18 Å². The summed E-state index contributed by atoms with van der Waals surface area (Å²) in [5, 5.41) is 6.29. The number of benzene rings is 1.